The molecule has 2 aliphatic heterocycles. The van der Waals surface area contributed by atoms with E-state index in [9.17, 15) is 14.0 Å². The zero-order chi connectivity index (χ0) is 27.1. The topological polar surface area (TPSA) is 79.1 Å². The second-order valence-corrected chi connectivity index (χ2v) is 10.6. The predicted molar refractivity (Wildman–Crippen MR) is 148 cm³/mol. The average molecular weight is 607 g/mol. The van der Waals surface area contributed by atoms with Crippen molar-refractivity contribution in [1.82, 2.24) is 4.57 Å². The van der Waals surface area contributed by atoms with Gasteiger partial charge in [0.05, 0.1) is 28.5 Å². The van der Waals surface area contributed by atoms with Crippen LogP contribution in [0.4, 0.5) is 4.39 Å². The van der Waals surface area contributed by atoms with Crippen molar-refractivity contribution < 1.29 is 23.4 Å². The second kappa shape index (κ2) is 10.3. The summed E-state index contributed by atoms with van der Waals surface area (Å²) in [4.78, 5) is 32.6. The summed E-state index contributed by atoms with van der Waals surface area (Å²) >= 11 is 4.75. The number of carbonyl (C=O) groups excluding carboxylic acids is 1. The van der Waals surface area contributed by atoms with Crippen LogP contribution in [0, 0.1) is 5.82 Å². The predicted octanol–water partition coefficient (Wildman–Crippen LogP) is 4.57. The lowest BCUT2D eigenvalue weighted by Gasteiger charge is -2.25. The first kappa shape index (κ1) is 25.3. The number of nitrogens with zero attached hydrogens (tertiary/aromatic N) is 2. The number of thiazole rings is 1. The SMILES string of the molecule is CCOC(=O)C1=C(c2ccccc2)N=c2s/c(=C\c3cc4c(cc3Br)OCO4)c(=O)n2[C@H]1c1ccc(F)cc1. The Bertz CT molecular complexity index is 1810. The smallest absolute Gasteiger partial charge is 0.338 e. The molecule has 39 heavy (non-hydrogen) atoms. The quantitative estimate of drug-likeness (QED) is 0.311. The Kier molecular flexibility index (Phi) is 6.66. The van der Waals surface area contributed by atoms with Gasteiger partial charge in [0.15, 0.2) is 16.3 Å². The van der Waals surface area contributed by atoms with Crippen LogP contribution in [0.5, 0.6) is 11.5 Å². The van der Waals surface area contributed by atoms with Gasteiger partial charge in [-0.2, -0.15) is 0 Å². The molecule has 0 saturated carbocycles. The van der Waals surface area contributed by atoms with Gasteiger partial charge in [-0.05, 0) is 48.4 Å². The molecule has 0 unspecified atom stereocenters. The number of benzene rings is 3. The second-order valence-electron chi connectivity index (χ2n) is 8.71. The number of aromatic nitrogens is 1. The van der Waals surface area contributed by atoms with Gasteiger partial charge < -0.3 is 14.2 Å². The summed E-state index contributed by atoms with van der Waals surface area (Å²) in [6.07, 6.45) is 1.74. The summed E-state index contributed by atoms with van der Waals surface area (Å²) in [5, 5.41) is 0. The van der Waals surface area contributed by atoms with E-state index >= 15 is 0 Å². The Labute approximate surface area is 234 Å². The number of fused-ring (bicyclic) bond motifs is 2. The molecule has 0 spiro atoms. The first-order chi connectivity index (χ1) is 18.9. The van der Waals surface area contributed by atoms with Crippen LogP contribution in [0.3, 0.4) is 0 Å². The van der Waals surface area contributed by atoms with Gasteiger partial charge in [-0.1, -0.05) is 69.7 Å². The lowest BCUT2D eigenvalue weighted by atomic mass is 9.93. The van der Waals surface area contributed by atoms with Gasteiger partial charge in [-0.3, -0.25) is 9.36 Å². The summed E-state index contributed by atoms with van der Waals surface area (Å²) in [6.45, 7) is 1.99. The molecule has 7 nitrogen and oxygen atoms in total. The summed E-state index contributed by atoms with van der Waals surface area (Å²) in [6, 6.07) is 17.7. The van der Waals surface area contributed by atoms with Crippen LogP contribution in [0.25, 0.3) is 11.8 Å². The highest BCUT2D eigenvalue weighted by Gasteiger charge is 2.35. The van der Waals surface area contributed by atoms with Crippen molar-refractivity contribution in [2.75, 3.05) is 13.4 Å². The zero-order valence-corrected chi connectivity index (χ0v) is 22.9. The number of hydrogen-bond donors (Lipinski definition) is 0. The molecule has 0 bridgehead atoms. The first-order valence-electron chi connectivity index (χ1n) is 12.1. The summed E-state index contributed by atoms with van der Waals surface area (Å²) < 4.78 is 32.9. The Balaban J connectivity index is 1.63. The minimum Gasteiger partial charge on any atom is -0.463 e. The fraction of sp³-hybridized carbons (Fsp3) is 0.138. The molecule has 3 heterocycles. The van der Waals surface area contributed by atoms with E-state index in [0.29, 0.717) is 37.7 Å². The third kappa shape index (κ3) is 4.59. The molecular formula is C29H20BrFN2O5S. The molecule has 0 radical (unpaired) electrons. The van der Waals surface area contributed by atoms with Crippen LogP contribution >= 0.6 is 27.3 Å². The Hall–Kier alpha value is -4.02. The number of halogens is 2. The molecule has 196 valence electrons. The Morgan fingerprint density at radius 1 is 1.15 bits per heavy atom. The molecule has 0 amide bonds. The average Bonchev–Trinajstić information content (AvgIpc) is 3.52. The fourth-order valence-electron chi connectivity index (χ4n) is 4.59. The molecule has 2 aliphatic rings. The van der Waals surface area contributed by atoms with Gasteiger partial charge >= 0.3 is 5.97 Å². The maximum atomic E-state index is 13.9. The number of ether oxygens (including phenoxy) is 3. The number of hydrogen-bond acceptors (Lipinski definition) is 7. The summed E-state index contributed by atoms with van der Waals surface area (Å²) in [5.41, 5.74) is 2.24. The molecule has 0 aliphatic carbocycles. The molecule has 0 saturated heterocycles. The normalized spacial score (nSPS) is 16.2. The van der Waals surface area contributed by atoms with Gasteiger partial charge in [-0.25, -0.2) is 14.2 Å². The van der Waals surface area contributed by atoms with Crippen molar-refractivity contribution in [3.8, 4) is 11.5 Å². The fourth-order valence-corrected chi connectivity index (χ4v) is 6.01. The van der Waals surface area contributed by atoms with Crippen LogP contribution in [0.15, 0.2) is 86.6 Å². The molecule has 4 aromatic rings. The highest BCUT2D eigenvalue weighted by Crippen LogP contribution is 2.38. The van der Waals surface area contributed by atoms with Gasteiger partial charge in [0.2, 0.25) is 6.79 Å². The molecule has 1 aromatic heterocycles. The number of esters is 1. The van der Waals surface area contributed by atoms with Crippen molar-refractivity contribution in [3.63, 3.8) is 0 Å². The first-order valence-corrected chi connectivity index (χ1v) is 13.7. The van der Waals surface area contributed by atoms with E-state index in [4.69, 9.17) is 19.2 Å². The van der Waals surface area contributed by atoms with E-state index in [1.165, 1.54) is 28.0 Å². The highest BCUT2D eigenvalue weighted by molar-refractivity contribution is 9.10. The lowest BCUT2D eigenvalue weighted by molar-refractivity contribution is -0.138. The summed E-state index contributed by atoms with van der Waals surface area (Å²) in [5.74, 6) is 0.173. The Morgan fingerprint density at radius 3 is 2.59 bits per heavy atom. The number of carbonyl (C=O) groups is 1. The van der Waals surface area contributed by atoms with Gasteiger partial charge in [0, 0.05) is 10.0 Å². The van der Waals surface area contributed by atoms with Crippen molar-refractivity contribution in [1.29, 1.82) is 0 Å². The summed E-state index contributed by atoms with van der Waals surface area (Å²) in [7, 11) is 0. The van der Waals surface area contributed by atoms with Crippen LogP contribution in [0.2, 0.25) is 0 Å². The van der Waals surface area contributed by atoms with Gasteiger partial charge in [0.1, 0.15) is 5.82 Å². The van der Waals surface area contributed by atoms with Gasteiger partial charge in [0.25, 0.3) is 5.56 Å². The minimum absolute atomic E-state index is 0.129. The minimum atomic E-state index is -0.876. The molecule has 0 N–H and O–H groups in total. The van der Waals surface area contributed by atoms with Crippen LogP contribution in [-0.2, 0) is 9.53 Å². The molecule has 6 rings (SSSR count). The van der Waals surface area contributed by atoms with Gasteiger partial charge in [-0.15, -0.1) is 0 Å². The van der Waals surface area contributed by atoms with Crippen molar-refractivity contribution in [3.05, 3.63) is 119 Å². The molecule has 0 fully saturated rings. The molecule has 10 heteroatoms. The monoisotopic (exact) mass is 606 g/mol. The largest absolute Gasteiger partial charge is 0.463 e. The van der Waals surface area contributed by atoms with E-state index < -0.39 is 17.8 Å². The Morgan fingerprint density at radius 2 is 1.87 bits per heavy atom. The third-order valence-corrected chi connectivity index (χ3v) is 8.01. The van der Waals surface area contributed by atoms with E-state index in [0.717, 1.165) is 10.0 Å². The molecular weight excluding hydrogens is 587 g/mol. The zero-order valence-electron chi connectivity index (χ0n) is 20.5. The van der Waals surface area contributed by atoms with Crippen molar-refractivity contribution in [2.45, 2.75) is 13.0 Å². The molecule has 3 aromatic carbocycles. The van der Waals surface area contributed by atoms with E-state index in [-0.39, 0.29) is 24.5 Å². The molecule has 1 atom stereocenters. The van der Waals surface area contributed by atoms with Crippen LogP contribution in [-0.4, -0.2) is 23.9 Å². The van der Waals surface area contributed by atoms with E-state index in [1.807, 2.05) is 30.3 Å². The van der Waals surface area contributed by atoms with Crippen LogP contribution < -0.4 is 24.4 Å². The highest BCUT2D eigenvalue weighted by atomic mass is 79.9. The van der Waals surface area contributed by atoms with Crippen molar-refractivity contribution in [2.24, 2.45) is 4.99 Å². The van der Waals surface area contributed by atoms with Crippen LogP contribution in [0.1, 0.15) is 29.7 Å². The lowest BCUT2D eigenvalue weighted by Crippen LogP contribution is -2.40. The standard InChI is InChI=1S/C29H20BrFN2O5S/c1-2-36-28(35)24-25(16-6-4-3-5-7-16)32-29-33(26(24)17-8-10-19(31)11-9-17)27(34)23(39-29)13-18-12-21-22(14-20(18)30)38-15-37-21/h3-14,26H,2,15H2,1H3/b23-13-/t26-/m0/s1. The number of rotatable bonds is 5. The maximum absolute atomic E-state index is 13.9. The van der Waals surface area contributed by atoms with E-state index in [1.54, 1.807) is 37.3 Å². The van der Waals surface area contributed by atoms with Crippen molar-refractivity contribution >= 4 is 45.0 Å². The third-order valence-electron chi connectivity index (χ3n) is 6.34. The van der Waals surface area contributed by atoms with E-state index in [2.05, 4.69) is 15.9 Å². The maximum Gasteiger partial charge on any atom is 0.338 e.